The molecular weight excluding hydrogens is 582 g/mol. The molecule has 0 aliphatic rings. The second-order valence-electron chi connectivity index (χ2n) is 8.05. The van der Waals surface area contributed by atoms with E-state index in [0.29, 0.717) is 22.5 Å². The minimum absolute atomic E-state index is 0. The van der Waals surface area contributed by atoms with Crippen LogP contribution in [0.4, 0.5) is 11.4 Å². The Labute approximate surface area is 248 Å². The first-order valence-electron chi connectivity index (χ1n) is 11.6. The molecule has 0 fully saturated rings. The van der Waals surface area contributed by atoms with Crippen LogP contribution in [0.25, 0.3) is 0 Å². The van der Waals surface area contributed by atoms with E-state index >= 15 is 0 Å². The van der Waals surface area contributed by atoms with Gasteiger partial charge in [0.25, 0.3) is 0 Å². The van der Waals surface area contributed by atoms with E-state index in [4.69, 9.17) is 19.7 Å². The monoisotopic (exact) mass is 604 g/mol. The van der Waals surface area contributed by atoms with Crippen molar-refractivity contribution in [3.8, 4) is 23.0 Å². The summed E-state index contributed by atoms with van der Waals surface area (Å²) in [5, 5.41) is 40.5. The fourth-order valence-corrected chi connectivity index (χ4v) is 3.27. The average molecular weight is 606 g/mol. The Bertz CT molecular complexity index is 1450. The number of nitrogens with zero attached hydrogens (tertiary/aromatic N) is 2. The second-order valence-corrected chi connectivity index (χ2v) is 8.05. The van der Waals surface area contributed by atoms with Crippen LogP contribution in [-0.2, 0) is 19.5 Å². The third-order valence-corrected chi connectivity index (χ3v) is 5.29. The zero-order valence-corrected chi connectivity index (χ0v) is 25.2. The minimum Gasteiger partial charge on any atom is -0.870 e. The molecule has 11 heteroatoms. The molecule has 2 N–H and O–H groups in total. The average Bonchev–Trinajstić information content (AvgIpc) is 2.97. The van der Waals surface area contributed by atoms with Crippen LogP contribution in [0, 0.1) is 0 Å². The summed E-state index contributed by atoms with van der Waals surface area (Å²) in [6.45, 7) is 0. The van der Waals surface area contributed by atoms with Gasteiger partial charge in [-0.3, -0.25) is 9.98 Å². The van der Waals surface area contributed by atoms with E-state index in [9.17, 15) is 19.8 Å². The Morgan fingerprint density at radius 1 is 0.659 bits per heavy atom. The summed E-state index contributed by atoms with van der Waals surface area (Å²) >= 11 is 0. The van der Waals surface area contributed by atoms with Gasteiger partial charge < -0.3 is 29.9 Å². The van der Waals surface area contributed by atoms with Crippen molar-refractivity contribution in [1.82, 2.24) is 0 Å². The van der Waals surface area contributed by atoms with Crippen molar-refractivity contribution in [2.45, 2.75) is 0 Å². The van der Waals surface area contributed by atoms with Gasteiger partial charge >= 0.3 is 31.4 Å². The minimum atomic E-state index is -1.00. The smallest absolute Gasteiger partial charge is 0.870 e. The second kappa shape index (κ2) is 15.5. The summed E-state index contributed by atoms with van der Waals surface area (Å²) in [7, 11) is 2.85. The quantitative estimate of drug-likeness (QED) is 0.220. The number of ether oxygens (including phenoxy) is 2. The number of hydrogen-bond donors (Lipinski definition) is 2. The van der Waals surface area contributed by atoms with Crippen LogP contribution in [0.2, 0.25) is 0 Å². The van der Waals surface area contributed by atoms with Gasteiger partial charge in [0, 0.05) is 12.4 Å². The first kappa shape index (κ1) is 32.2. The van der Waals surface area contributed by atoms with Gasteiger partial charge in [0.2, 0.25) is 0 Å². The molecule has 0 saturated carbocycles. The SMILES string of the molecule is COc1cc(C=Nc2cccc(C(=O)O)c2)ccc1[O-].COc1cc(C=Nc2cccc(C(=O)O)c2)ccc1[O-].[Zn+2]. The van der Waals surface area contributed by atoms with Gasteiger partial charge in [0.15, 0.2) is 0 Å². The molecule has 0 amide bonds. The number of carboxylic acids is 2. The standard InChI is InChI=1S/2C15H13NO4.Zn/c2*1-20-14-7-10(5-6-13(14)17)9-16-12-4-2-3-11(8-12)15(18)19;/h2*2-9,17H,1H3,(H,18,19);/q;;+2/p-2. The summed E-state index contributed by atoms with van der Waals surface area (Å²) in [4.78, 5) is 30.0. The molecule has 0 spiro atoms. The number of benzene rings is 4. The van der Waals surface area contributed by atoms with Gasteiger partial charge in [-0.05, 0) is 59.7 Å². The van der Waals surface area contributed by atoms with Gasteiger partial charge in [-0.1, -0.05) is 47.9 Å². The molecular formula is C30H24N2O8Zn. The summed E-state index contributed by atoms with van der Waals surface area (Å²) in [6.07, 6.45) is 3.09. The van der Waals surface area contributed by atoms with Crippen molar-refractivity contribution in [2.24, 2.45) is 9.98 Å². The molecule has 0 aromatic heterocycles. The molecule has 0 aliphatic carbocycles. The zero-order valence-electron chi connectivity index (χ0n) is 22.2. The zero-order chi connectivity index (χ0) is 29.1. The first-order chi connectivity index (χ1) is 19.2. The van der Waals surface area contributed by atoms with Crippen LogP contribution in [0.3, 0.4) is 0 Å². The Balaban J connectivity index is 0.000000280. The molecule has 0 bridgehead atoms. The molecule has 41 heavy (non-hydrogen) atoms. The Kier molecular flexibility index (Phi) is 12.2. The van der Waals surface area contributed by atoms with E-state index in [1.165, 1.54) is 50.6 Å². The van der Waals surface area contributed by atoms with Crippen molar-refractivity contribution >= 4 is 35.7 Å². The topological polar surface area (TPSA) is 164 Å². The maximum atomic E-state index is 11.4. The van der Waals surface area contributed by atoms with Gasteiger partial charge in [0.05, 0.1) is 36.7 Å². The number of hydrogen-bond acceptors (Lipinski definition) is 8. The predicted octanol–water partition coefficient (Wildman–Crippen LogP) is 4.43. The molecule has 0 radical (unpaired) electrons. The Hall–Kier alpha value is -5.02. The number of aliphatic imine (C=N–C) groups is 2. The van der Waals surface area contributed by atoms with E-state index in [0.717, 1.165) is 0 Å². The Morgan fingerprint density at radius 2 is 1.05 bits per heavy atom. The molecule has 0 heterocycles. The van der Waals surface area contributed by atoms with Gasteiger partial charge in [-0.15, -0.1) is 0 Å². The Morgan fingerprint density at radius 3 is 1.39 bits per heavy atom. The van der Waals surface area contributed by atoms with Crippen LogP contribution >= 0.6 is 0 Å². The molecule has 0 unspecified atom stereocenters. The fraction of sp³-hybridized carbons (Fsp3) is 0.0667. The fourth-order valence-electron chi connectivity index (χ4n) is 3.27. The number of carbonyl (C=O) groups is 2. The summed E-state index contributed by atoms with van der Waals surface area (Å²) in [5.74, 6) is -1.91. The van der Waals surface area contributed by atoms with Crippen LogP contribution in [0.5, 0.6) is 23.0 Å². The molecule has 0 aliphatic heterocycles. The molecule has 0 saturated heterocycles. The van der Waals surface area contributed by atoms with Crippen LogP contribution in [0.1, 0.15) is 31.8 Å². The number of rotatable bonds is 8. The van der Waals surface area contributed by atoms with E-state index in [1.54, 1.807) is 61.0 Å². The van der Waals surface area contributed by atoms with Gasteiger partial charge in [-0.25, -0.2) is 9.59 Å². The van der Waals surface area contributed by atoms with Crippen molar-refractivity contribution in [1.29, 1.82) is 0 Å². The number of aromatic carboxylic acids is 2. The summed E-state index contributed by atoms with van der Waals surface area (Å²) in [5.41, 5.74) is 2.79. The first-order valence-corrected chi connectivity index (χ1v) is 11.6. The maximum absolute atomic E-state index is 11.4. The van der Waals surface area contributed by atoms with Crippen molar-refractivity contribution in [2.75, 3.05) is 14.2 Å². The van der Waals surface area contributed by atoms with Gasteiger partial charge in [-0.2, -0.15) is 0 Å². The van der Waals surface area contributed by atoms with E-state index in [-0.39, 0.29) is 53.6 Å². The van der Waals surface area contributed by atoms with Crippen molar-refractivity contribution < 1.29 is 59.0 Å². The third kappa shape index (κ3) is 9.59. The van der Waals surface area contributed by atoms with Gasteiger partial charge in [0.1, 0.15) is 11.5 Å². The summed E-state index contributed by atoms with van der Waals surface area (Å²) in [6, 6.07) is 21.8. The molecule has 4 rings (SSSR count). The summed E-state index contributed by atoms with van der Waals surface area (Å²) < 4.78 is 9.87. The van der Waals surface area contributed by atoms with Crippen molar-refractivity contribution in [3.05, 3.63) is 107 Å². The molecule has 4 aromatic carbocycles. The molecule has 204 valence electrons. The largest absolute Gasteiger partial charge is 2.00 e. The third-order valence-electron chi connectivity index (χ3n) is 5.29. The maximum Gasteiger partial charge on any atom is 2.00 e. The van der Waals surface area contributed by atoms with Crippen LogP contribution in [0.15, 0.2) is 94.9 Å². The van der Waals surface area contributed by atoms with E-state index < -0.39 is 11.9 Å². The predicted molar refractivity (Wildman–Crippen MR) is 146 cm³/mol. The normalized spacial score (nSPS) is 10.4. The van der Waals surface area contributed by atoms with Crippen LogP contribution < -0.4 is 19.7 Å². The molecule has 0 atom stereocenters. The van der Waals surface area contributed by atoms with E-state index in [2.05, 4.69) is 9.98 Å². The number of carboxylic acid groups (broad SMARTS) is 2. The van der Waals surface area contributed by atoms with Crippen molar-refractivity contribution in [3.63, 3.8) is 0 Å². The molecule has 10 nitrogen and oxygen atoms in total. The van der Waals surface area contributed by atoms with Crippen LogP contribution in [-0.4, -0.2) is 48.8 Å². The number of methoxy groups -OCH3 is 2. The molecule has 4 aromatic rings. The van der Waals surface area contributed by atoms with E-state index in [1.807, 2.05) is 0 Å².